The number of halogens is 1. The number of allylic oxidation sites excluding steroid dienone is 1. The highest BCUT2D eigenvalue weighted by atomic mass is 32.2. The summed E-state index contributed by atoms with van der Waals surface area (Å²) in [6, 6.07) is 4.46. The Balaban J connectivity index is 1.85. The molecular formula is C15H17FN2O4S. The number of hydrogen-bond donors (Lipinski definition) is 1. The zero-order chi connectivity index (χ0) is 16.6. The summed E-state index contributed by atoms with van der Waals surface area (Å²) < 4.78 is 42.3. The van der Waals surface area contributed by atoms with Gasteiger partial charge in [-0.2, -0.15) is 0 Å². The lowest BCUT2D eigenvalue weighted by atomic mass is 10.0. The van der Waals surface area contributed by atoms with Crippen molar-refractivity contribution in [2.45, 2.75) is 12.5 Å². The van der Waals surface area contributed by atoms with E-state index in [9.17, 15) is 17.6 Å². The van der Waals surface area contributed by atoms with Crippen molar-refractivity contribution in [2.24, 2.45) is 5.73 Å². The quantitative estimate of drug-likeness (QED) is 0.896. The van der Waals surface area contributed by atoms with E-state index in [1.54, 1.807) is 18.2 Å². The molecule has 1 saturated heterocycles. The normalized spacial score (nSPS) is 23.6. The monoisotopic (exact) mass is 340 g/mol. The molecular weight excluding hydrogens is 323 g/mol. The first-order valence-corrected chi connectivity index (χ1v) is 9.09. The first kappa shape index (κ1) is 15.9. The molecule has 2 aliphatic heterocycles. The van der Waals surface area contributed by atoms with Gasteiger partial charge in [-0.1, -0.05) is 6.08 Å². The Morgan fingerprint density at radius 2 is 2.17 bits per heavy atom. The van der Waals surface area contributed by atoms with Gasteiger partial charge in [0.2, 0.25) is 0 Å². The minimum atomic E-state index is -3.05. The summed E-state index contributed by atoms with van der Waals surface area (Å²) >= 11 is 0. The second-order valence-electron chi connectivity index (χ2n) is 5.61. The average Bonchev–Trinajstić information content (AvgIpc) is 2.89. The summed E-state index contributed by atoms with van der Waals surface area (Å²) in [5.74, 6) is -0.534. The Labute approximate surface area is 133 Å². The molecule has 1 aromatic carbocycles. The molecule has 0 aromatic heterocycles. The van der Waals surface area contributed by atoms with E-state index >= 15 is 0 Å². The number of rotatable bonds is 3. The van der Waals surface area contributed by atoms with Crippen LogP contribution in [0.5, 0.6) is 0 Å². The average molecular weight is 340 g/mol. The fourth-order valence-electron chi connectivity index (χ4n) is 2.71. The predicted molar refractivity (Wildman–Crippen MR) is 84.3 cm³/mol. The van der Waals surface area contributed by atoms with Gasteiger partial charge in [0.15, 0.2) is 9.84 Å². The van der Waals surface area contributed by atoms with Gasteiger partial charge < -0.3 is 10.5 Å². The SMILES string of the molecule is NCC1CN(c2ccc(C3=CCS(=O)(=O)CC3)c(F)c2)C(=O)O1. The summed E-state index contributed by atoms with van der Waals surface area (Å²) in [6.45, 7) is 0.499. The fraction of sp³-hybridized carbons (Fsp3) is 0.400. The van der Waals surface area contributed by atoms with Crippen LogP contribution in [0.25, 0.3) is 5.57 Å². The summed E-state index contributed by atoms with van der Waals surface area (Å²) in [6.07, 6.45) is 0.900. The van der Waals surface area contributed by atoms with E-state index in [2.05, 4.69) is 0 Å². The number of cyclic esters (lactones) is 1. The van der Waals surface area contributed by atoms with E-state index in [1.807, 2.05) is 0 Å². The molecule has 6 nitrogen and oxygen atoms in total. The molecule has 2 heterocycles. The third-order valence-corrected chi connectivity index (χ3v) is 5.51. The predicted octanol–water partition coefficient (Wildman–Crippen LogP) is 1.31. The van der Waals surface area contributed by atoms with Crippen LogP contribution in [0.3, 0.4) is 0 Å². The van der Waals surface area contributed by atoms with Gasteiger partial charge in [0.1, 0.15) is 11.9 Å². The Bertz CT molecular complexity index is 776. The van der Waals surface area contributed by atoms with Gasteiger partial charge in [-0.15, -0.1) is 0 Å². The molecule has 23 heavy (non-hydrogen) atoms. The molecule has 0 spiro atoms. The maximum atomic E-state index is 14.4. The number of benzene rings is 1. The van der Waals surface area contributed by atoms with E-state index in [0.717, 1.165) is 0 Å². The Morgan fingerprint density at radius 1 is 1.39 bits per heavy atom. The second-order valence-corrected chi connectivity index (χ2v) is 7.84. The lowest BCUT2D eigenvalue weighted by Crippen LogP contribution is -2.27. The molecule has 1 atom stereocenters. The number of carbonyl (C=O) groups is 1. The van der Waals surface area contributed by atoms with Crippen LogP contribution in [0.4, 0.5) is 14.9 Å². The van der Waals surface area contributed by atoms with Crippen molar-refractivity contribution >= 4 is 27.2 Å². The fourth-order valence-corrected chi connectivity index (χ4v) is 3.86. The smallest absolute Gasteiger partial charge is 0.414 e. The highest BCUT2D eigenvalue weighted by molar-refractivity contribution is 7.91. The van der Waals surface area contributed by atoms with Gasteiger partial charge in [-0.25, -0.2) is 17.6 Å². The standard InChI is InChI=1S/C15H17FN2O4S/c16-14-7-11(18-9-12(8-17)22-15(18)19)1-2-13(14)10-3-5-23(20,21)6-4-10/h1-3,7,12H,4-6,8-9,17H2. The molecule has 2 aliphatic rings. The van der Waals surface area contributed by atoms with Crippen molar-refractivity contribution in [1.82, 2.24) is 0 Å². The van der Waals surface area contributed by atoms with E-state index in [4.69, 9.17) is 10.5 Å². The zero-order valence-electron chi connectivity index (χ0n) is 12.4. The number of nitrogens with two attached hydrogens (primary N) is 1. The van der Waals surface area contributed by atoms with Gasteiger partial charge in [-0.05, 0) is 30.2 Å². The van der Waals surface area contributed by atoms with Crippen molar-refractivity contribution in [3.05, 3.63) is 35.7 Å². The summed E-state index contributed by atoms with van der Waals surface area (Å²) in [5.41, 5.74) is 6.92. The van der Waals surface area contributed by atoms with E-state index in [0.29, 0.717) is 23.2 Å². The van der Waals surface area contributed by atoms with Crippen LogP contribution >= 0.6 is 0 Å². The molecule has 2 N–H and O–H groups in total. The molecule has 3 rings (SSSR count). The third-order valence-electron chi connectivity index (χ3n) is 4.01. The van der Waals surface area contributed by atoms with Crippen LogP contribution in [0.1, 0.15) is 12.0 Å². The van der Waals surface area contributed by atoms with Crippen molar-refractivity contribution in [3.63, 3.8) is 0 Å². The zero-order valence-corrected chi connectivity index (χ0v) is 13.2. The molecule has 0 radical (unpaired) electrons. The van der Waals surface area contributed by atoms with E-state index in [1.165, 1.54) is 11.0 Å². The maximum Gasteiger partial charge on any atom is 0.414 e. The molecule has 1 fully saturated rings. The number of ether oxygens (including phenoxy) is 1. The maximum absolute atomic E-state index is 14.4. The van der Waals surface area contributed by atoms with Crippen molar-refractivity contribution < 1.29 is 22.3 Å². The molecule has 0 saturated carbocycles. The van der Waals surface area contributed by atoms with Gasteiger partial charge in [0.05, 0.1) is 23.7 Å². The van der Waals surface area contributed by atoms with Crippen molar-refractivity contribution in [2.75, 3.05) is 29.5 Å². The summed E-state index contributed by atoms with van der Waals surface area (Å²) in [5, 5.41) is 0. The van der Waals surface area contributed by atoms with Crippen LogP contribution in [-0.4, -0.2) is 45.2 Å². The van der Waals surface area contributed by atoms with Crippen LogP contribution in [0.2, 0.25) is 0 Å². The molecule has 124 valence electrons. The number of sulfone groups is 1. The number of amides is 1. The third kappa shape index (κ3) is 3.23. The minimum Gasteiger partial charge on any atom is -0.443 e. The molecule has 1 unspecified atom stereocenters. The topological polar surface area (TPSA) is 89.7 Å². The van der Waals surface area contributed by atoms with Gasteiger partial charge in [0.25, 0.3) is 0 Å². The highest BCUT2D eigenvalue weighted by Crippen LogP contribution is 2.29. The number of nitrogens with zero attached hydrogens (tertiary/aromatic N) is 1. The summed E-state index contributed by atoms with van der Waals surface area (Å²) in [7, 11) is -3.05. The van der Waals surface area contributed by atoms with Crippen LogP contribution in [-0.2, 0) is 14.6 Å². The summed E-state index contributed by atoms with van der Waals surface area (Å²) in [4.78, 5) is 13.1. The van der Waals surface area contributed by atoms with Gasteiger partial charge in [-0.3, -0.25) is 4.90 Å². The van der Waals surface area contributed by atoms with Crippen molar-refractivity contribution in [1.29, 1.82) is 0 Å². The Hall–Kier alpha value is -1.93. The molecule has 0 bridgehead atoms. The lowest BCUT2D eigenvalue weighted by molar-refractivity contribution is 0.145. The highest BCUT2D eigenvalue weighted by Gasteiger charge is 2.32. The Morgan fingerprint density at radius 3 is 2.74 bits per heavy atom. The van der Waals surface area contributed by atoms with Crippen LogP contribution in [0, 0.1) is 5.82 Å². The van der Waals surface area contributed by atoms with Gasteiger partial charge >= 0.3 is 6.09 Å². The second kappa shape index (κ2) is 5.93. The first-order valence-electron chi connectivity index (χ1n) is 7.27. The van der Waals surface area contributed by atoms with E-state index < -0.39 is 27.9 Å². The molecule has 0 aliphatic carbocycles. The first-order chi connectivity index (χ1) is 10.9. The van der Waals surface area contributed by atoms with Gasteiger partial charge in [0, 0.05) is 12.1 Å². The Kier molecular flexibility index (Phi) is 4.11. The van der Waals surface area contributed by atoms with Crippen LogP contribution in [0.15, 0.2) is 24.3 Å². The molecule has 8 heteroatoms. The molecule has 1 aromatic rings. The number of hydrogen-bond acceptors (Lipinski definition) is 5. The molecule has 1 amide bonds. The number of anilines is 1. The van der Waals surface area contributed by atoms with Crippen molar-refractivity contribution in [3.8, 4) is 0 Å². The minimum absolute atomic E-state index is 0.0245. The number of carbonyl (C=O) groups excluding carboxylic acids is 1. The lowest BCUT2D eigenvalue weighted by Gasteiger charge is -2.17. The largest absolute Gasteiger partial charge is 0.443 e. The van der Waals surface area contributed by atoms with Crippen LogP contribution < -0.4 is 10.6 Å². The van der Waals surface area contributed by atoms with E-state index in [-0.39, 0.29) is 24.6 Å².